The van der Waals surface area contributed by atoms with Gasteiger partial charge in [-0.05, 0) is 49.0 Å². The predicted molar refractivity (Wildman–Crippen MR) is 63.0 cm³/mol. The van der Waals surface area contributed by atoms with Crippen molar-refractivity contribution in [1.29, 1.82) is 0 Å². The zero-order chi connectivity index (χ0) is 11.6. The molecule has 0 aromatic carbocycles. The summed E-state index contributed by atoms with van der Waals surface area (Å²) in [7, 11) is 0. The van der Waals surface area contributed by atoms with Gasteiger partial charge in [-0.2, -0.15) is 0 Å². The fourth-order valence-corrected chi connectivity index (χ4v) is 4.19. The average Bonchev–Trinajstić information content (AvgIpc) is 2.87. The molecule has 0 aromatic heterocycles. The first-order valence-corrected chi connectivity index (χ1v) is 6.42. The molecule has 0 N–H and O–H groups in total. The molecule has 2 bridgehead atoms. The SMILES string of the molecule is C=C(C)C1OC[C@]2(O1)[C@@H]1CC[C@@H](C1)C2(C)C. The van der Waals surface area contributed by atoms with Crippen LogP contribution in [0.15, 0.2) is 12.2 Å². The van der Waals surface area contributed by atoms with Gasteiger partial charge in [0.05, 0.1) is 6.61 Å². The molecule has 0 amide bonds. The summed E-state index contributed by atoms with van der Waals surface area (Å²) in [5.41, 5.74) is 1.23. The second-order valence-corrected chi connectivity index (χ2v) is 6.43. The minimum Gasteiger partial charge on any atom is -0.346 e. The maximum atomic E-state index is 6.30. The van der Waals surface area contributed by atoms with E-state index < -0.39 is 0 Å². The average molecular weight is 222 g/mol. The molecule has 4 atom stereocenters. The van der Waals surface area contributed by atoms with Crippen LogP contribution in [0, 0.1) is 17.3 Å². The molecule has 1 aliphatic heterocycles. The molecule has 1 unspecified atom stereocenters. The topological polar surface area (TPSA) is 18.5 Å². The Balaban J connectivity index is 1.92. The summed E-state index contributed by atoms with van der Waals surface area (Å²) in [5, 5.41) is 0. The highest BCUT2D eigenvalue weighted by atomic mass is 16.7. The van der Waals surface area contributed by atoms with Crippen LogP contribution in [0.4, 0.5) is 0 Å². The molecular formula is C14H22O2. The Hall–Kier alpha value is -0.340. The molecule has 1 spiro atoms. The first-order valence-electron chi connectivity index (χ1n) is 6.42. The molecule has 2 nitrogen and oxygen atoms in total. The van der Waals surface area contributed by atoms with Crippen molar-refractivity contribution in [1.82, 2.24) is 0 Å². The first-order chi connectivity index (χ1) is 7.47. The molecule has 2 aliphatic carbocycles. The van der Waals surface area contributed by atoms with E-state index >= 15 is 0 Å². The summed E-state index contributed by atoms with van der Waals surface area (Å²) in [4.78, 5) is 0. The van der Waals surface area contributed by atoms with Gasteiger partial charge in [0.25, 0.3) is 0 Å². The molecular weight excluding hydrogens is 200 g/mol. The lowest BCUT2D eigenvalue weighted by atomic mass is 9.66. The Labute approximate surface area is 98.0 Å². The van der Waals surface area contributed by atoms with Gasteiger partial charge in [-0.15, -0.1) is 0 Å². The minimum atomic E-state index is -0.168. The monoisotopic (exact) mass is 222 g/mol. The van der Waals surface area contributed by atoms with Gasteiger partial charge in [0.15, 0.2) is 6.29 Å². The molecule has 0 aromatic rings. The fraction of sp³-hybridized carbons (Fsp3) is 0.857. The van der Waals surface area contributed by atoms with Crippen LogP contribution in [0.1, 0.15) is 40.0 Å². The van der Waals surface area contributed by atoms with E-state index in [0.29, 0.717) is 5.92 Å². The smallest absolute Gasteiger partial charge is 0.180 e. The van der Waals surface area contributed by atoms with Gasteiger partial charge in [0.1, 0.15) is 5.60 Å². The van der Waals surface area contributed by atoms with E-state index in [1.807, 2.05) is 6.92 Å². The quantitative estimate of drug-likeness (QED) is 0.635. The number of fused-ring (bicyclic) bond motifs is 3. The number of ether oxygens (including phenoxy) is 2. The molecule has 1 heterocycles. The summed E-state index contributed by atoms with van der Waals surface area (Å²) < 4.78 is 12.1. The van der Waals surface area contributed by atoms with Crippen LogP contribution in [0.5, 0.6) is 0 Å². The maximum Gasteiger partial charge on any atom is 0.180 e. The van der Waals surface area contributed by atoms with E-state index in [0.717, 1.165) is 18.1 Å². The van der Waals surface area contributed by atoms with E-state index in [9.17, 15) is 0 Å². The Bertz CT molecular complexity index is 334. The van der Waals surface area contributed by atoms with Crippen LogP contribution in [-0.4, -0.2) is 18.5 Å². The Kier molecular flexibility index (Phi) is 2.10. The summed E-state index contributed by atoms with van der Waals surface area (Å²) >= 11 is 0. The van der Waals surface area contributed by atoms with Crippen molar-refractivity contribution < 1.29 is 9.47 Å². The summed E-state index contributed by atoms with van der Waals surface area (Å²) in [6, 6.07) is 0. The van der Waals surface area contributed by atoms with Crippen molar-refractivity contribution in [3.05, 3.63) is 12.2 Å². The van der Waals surface area contributed by atoms with Gasteiger partial charge in [-0.3, -0.25) is 0 Å². The van der Waals surface area contributed by atoms with Crippen LogP contribution in [0.3, 0.4) is 0 Å². The largest absolute Gasteiger partial charge is 0.346 e. The zero-order valence-corrected chi connectivity index (χ0v) is 10.6. The normalized spacial score (nSPS) is 49.1. The molecule has 2 heteroatoms. The van der Waals surface area contributed by atoms with Gasteiger partial charge in [-0.25, -0.2) is 0 Å². The molecule has 0 radical (unpaired) electrons. The molecule has 16 heavy (non-hydrogen) atoms. The summed E-state index contributed by atoms with van der Waals surface area (Å²) in [6.07, 6.45) is 3.86. The van der Waals surface area contributed by atoms with Crippen LogP contribution >= 0.6 is 0 Å². The van der Waals surface area contributed by atoms with Crippen LogP contribution < -0.4 is 0 Å². The maximum absolute atomic E-state index is 6.30. The number of hydrogen-bond donors (Lipinski definition) is 0. The van der Waals surface area contributed by atoms with Crippen molar-refractivity contribution in [3.63, 3.8) is 0 Å². The molecule has 3 fully saturated rings. The molecule has 3 rings (SSSR count). The van der Waals surface area contributed by atoms with Crippen molar-refractivity contribution in [3.8, 4) is 0 Å². The van der Waals surface area contributed by atoms with E-state index in [-0.39, 0.29) is 17.3 Å². The van der Waals surface area contributed by atoms with Crippen molar-refractivity contribution in [2.24, 2.45) is 17.3 Å². The predicted octanol–water partition coefficient (Wildman–Crippen LogP) is 3.13. The third-order valence-corrected chi connectivity index (χ3v) is 5.37. The number of hydrogen-bond acceptors (Lipinski definition) is 2. The summed E-state index contributed by atoms with van der Waals surface area (Å²) in [5.74, 6) is 1.53. The van der Waals surface area contributed by atoms with E-state index in [1.54, 1.807) is 0 Å². The Morgan fingerprint density at radius 1 is 1.25 bits per heavy atom. The second kappa shape index (κ2) is 3.11. The third-order valence-electron chi connectivity index (χ3n) is 5.37. The highest BCUT2D eigenvalue weighted by molar-refractivity contribution is 5.16. The standard InChI is InChI=1S/C14H22O2/c1-9(2)12-15-8-14(16-12)11-6-5-10(7-11)13(14,3)4/h10-12H,1,5-8H2,2-4H3/t10-,11+,12?,14-/m0/s1. The van der Waals surface area contributed by atoms with Crippen molar-refractivity contribution in [2.45, 2.75) is 51.9 Å². The van der Waals surface area contributed by atoms with E-state index in [4.69, 9.17) is 9.47 Å². The van der Waals surface area contributed by atoms with Crippen molar-refractivity contribution >= 4 is 0 Å². The molecule has 2 saturated carbocycles. The highest BCUT2D eigenvalue weighted by Gasteiger charge is 2.66. The van der Waals surface area contributed by atoms with E-state index in [1.165, 1.54) is 19.3 Å². The highest BCUT2D eigenvalue weighted by Crippen LogP contribution is 2.64. The number of rotatable bonds is 1. The lowest BCUT2D eigenvalue weighted by Crippen LogP contribution is -2.51. The van der Waals surface area contributed by atoms with Crippen LogP contribution in [0.25, 0.3) is 0 Å². The Morgan fingerprint density at radius 2 is 1.94 bits per heavy atom. The Morgan fingerprint density at radius 3 is 2.44 bits per heavy atom. The van der Waals surface area contributed by atoms with E-state index in [2.05, 4.69) is 20.4 Å². The van der Waals surface area contributed by atoms with Gasteiger partial charge in [0.2, 0.25) is 0 Å². The fourth-order valence-electron chi connectivity index (χ4n) is 4.19. The molecule has 90 valence electrons. The van der Waals surface area contributed by atoms with Gasteiger partial charge >= 0.3 is 0 Å². The molecule has 1 saturated heterocycles. The van der Waals surface area contributed by atoms with Crippen molar-refractivity contribution in [2.75, 3.05) is 6.61 Å². The third kappa shape index (κ3) is 1.10. The first kappa shape index (κ1) is 10.8. The lowest BCUT2D eigenvalue weighted by Gasteiger charge is -2.45. The summed E-state index contributed by atoms with van der Waals surface area (Å²) in [6.45, 7) is 11.4. The second-order valence-electron chi connectivity index (χ2n) is 6.43. The lowest BCUT2D eigenvalue weighted by molar-refractivity contribution is -0.140. The zero-order valence-electron chi connectivity index (χ0n) is 10.6. The van der Waals surface area contributed by atoms with Crippen LogP contribution in [-0.2, 0) is 9.47 Å². The minimum absolute atomic E-state index is 0.0282. The van der Waals surface area contributed by atoms with Crippen LogP contribution in [0.2, 0.25) is 0 Å². The van der Waals surface area contributed by atoms with Gasteiger partial charge in [0, 0.05) is 0 Å². The molecule has 3 aliphatic rings. The van der Waals surface area contributed by atoms with Gasteiger partial charge in [-0.1, -0.05) is 20.4 Å². The van der Waals surface area contributed by atoms with Gasteiger partial charge < -0.3 is 9.47 Å².